The number of nitrogens with two attached hydrogens (primary N) is 1. The number of hydrogen-bond acceptors (Lipinski definition) is 4. The van der Waals surface area contributed by atoms with E-state index < -0.39 is 23.4 Å². The van der Waals surface area contributed by atoms with Crippen LogP contribution in [0.25, 0.3) is 0 Å². The molecular weight excluding hydrogens is 425 g/mol. The van der Waals surface area contributed by atoms with E-state index in [1.807, 2.05) is 0 Å². The first-order valence-corrected chi connectivity index (χ1v) is 9.30. The predicted molar refractivity (Wildman–Crippen MR) is 110 cm³/mol. The lowest BCUT2D eigenvalue weighted by atomic mass is 10.1. The molecule has 0 radical (unpaired) electrons. The van der Waals surface area contributed by atoms with Crippen molar-refractivity contribution in [3.63, 3.8) is 0 Å². The van der Waals surface area contributed by atoms with Crippen LogP contribution in [0.15, 0.2) is 41.5 Å². The molecule has 5 nitrogen and oxygen atoms in total. The van der Waals surface area contributed by atoms with Gasteiger partial charge in [-0.05, 0) is 36.5 Å². The number of rotatable bonds is 4. The van der Waals surface area contributed by atoms with Crippen LogP contribution in [0.4, 0.5) is 33.3 Å². The summed E-state index contributed by atoms with van der Waals surface area (Å²) in [5.74, 6) is -1.32. The van der Waals surface area contributed by atoms with Gasteiger partial charge in [0.1, 0.15) is 11.6 Å². The molecule has 0 amide bonds. The Labute approximate surface area is 174 Å². The first-order chi connectivity index (χ1) is 14.1. The Bertz CT molecular complexity index is 955. The monoisotopic (exact) mass is 443 g/mol. The van der Waals surface area contributed by atoms with E-state index in [0.29, 0.717) is 31.9 Å². The van der Waals surface area contributed by atoms with Gasteiger partial charge in [0.05, 0.1) is 17.5 Å². The standard InChI is InChI=1S/C19H18F5N5S/c20-15-10-17(16(21)8-12(15)11-26-27-18(25)30)29-6-4-28(5-7-29)14-3-1-2-13(9-14)19(22,23)24/h1-3,8-11H,4-7H2,(H3,25,27,30). The third-order valence-corrected chi connectivity index (χ3v) is 4.69. The van der Waals surface area contributed by atoms with Crippen molar-refractivity contribution in [2.45, 2.75) is 6.18 Å². The number of halogens is 5. The number of nitrogens with zero attached hydrogens (tertiary/aromatic N) is 3. The van der Waals surface area contributed by atoms with E-state index in [-0.39, 0.29) is 16.4 Å². The fraction of sp³-hybridized carbons (Fsp3) is 0.263. The van der Waals surface area contributed by atoms with Crippen LogP contribution in [0.3, 0.4) is 0 Å². The highest BCUT2D eigenvalue weighted by Gasteiger charge is 2.31. The number of alkyl halides is 3. The molecule has 30 heavy (non-hydrogen) atoms. The Morgan fingerprint density at radius 3 is 2.33 bits per heavy atom. The molecule has 1 aliphatic rings. The molecule has 160 valence electrons. The van der Waals surface area contributed by atoms with Crippen molar-refractivity contribution in [2.75, 3.05) is 36.0 Å². The van der Waals surface area contributed by atoms with Crippen molar-refractivity contribution in [1.29, 1.82) is 0 Å². The molecule has 1 heterocycles. The van der Waals surface area contributed by atoms with Gasteiger partial charge in [-0.25, -0.2) is 8.78 Å². The average molecular weight is 443 g/mol. The smallest absolute Gasteiger partial charge is 0.375 e. The summed E-state index contributed by atoms with van der Waals surface area (Å²) in [6.07, 6.45) is -3.36. The van der Waals surface area contributed by atoms with E-state index in [0.717, 1.165) is 30.5 Å². The van der Waals surface area contributed by atoms with Crippen LogP contribution in [0.5, 0.6) is 0 Å². The molecule has 3 rings (SSSR count). The molecule has 0 saturated carbocycles. The third kappa shape index (κ3) is 5.15. The van der Waals surface area contributed by atoms with Crippen molar-refractivity contribution >= 4 is 34.9 Å². The van der Waals surface area contributed by atoms with E-state index in [1.54, 1.807) is 15.9 Å². The number of nitrogens with one attached hydrogen (secondary N) is 1. The Balaban J connectivity index is 1.70. The summed E-state index contributed by atoms with van der Waals surface area (Å²) in [5.41, 5.74) is 7.17. The highest BCUT2D eigenvalue weighted by Crippen LogP contribution is 2.32. The zero-order valence-electron chi connectivity index (χ0n) is 15.6. The quantitative estimate of drug-likeness (QED) is 0.328. The second-order valence-electron chi connectivity index (χ2n) is 6.58. The van der Waals surface area contributed by atoms with E-state index in [9.17, 15) is 22.0 Å². The summed E-state index contributed by atoms with van der Waals surface area (Å²) in [6.45, 7) is 1.37. The van der Waals surface area contributed by atoms with Crippen LogP contribution in [-0.4, -0.2) is 37.5 Å². The summed E-state index contributed by atoms with van der Waals surface area (Å²) in [6, 6.07) is 7.13. The summed E-state index contributed by atoms with van der Waals surface area (Å²) in [5, 5.41) is 3.50. The van der Waals surface area contributed by atoms with Gasteiger partial charge >= 0.3 is 6.18 Å². The molecule has 1 aliphatic heterocycles. The van der Waals surface area contributed by atoms with Crippen LogP contribution < -0.4 is 21.0 Å². The second kappa shape index (κ2) is 8.82. The molecule has 0 spiro atoms. The fourth-order valence-corrected chi connectivity index (χ4v) is 3.20. The molecule has 11 heteroatoms. The van der Waals surface area contributed by atoms with Gasteiger partial charge in [-0.2, -0.15) is 18.3 Å². The molecule has 1 fully saturated rings. The Morgan fingerprint density at radius 1 is 1.03 bits per heavy atom. The van der Waals surface area contributed by atoms with E-state index >= 15 is 0 Å². The first-order valence-electron chi connectivity index (χ1n) is 8.90. The van der Waals surface area contributed by atoms with Crippen molar-refractivity contribution in [3.05, 3.63) is 59.2 Å². The topological polar surface area (TPSA) is 56.9 Å². The largest absolute Gasteiger partial charge is 0.416 e. The minimum atomic E-state index is -4.42. The zero-order chi connectivity index (χ0) is 21.9. The lowest BCUT2D eigenvalue weighted by molar-refractivity contribution is -0.137. The number of piperazine rings is 1. The third-order valence-electron chi connectivity index (χ3n) is 4.60. The van der Waals surface area contributed by atoms with Crippen molar-refractivity contribution < 1.29 is 22.0 Å². The van der Waals surface area contributed by atoms with Crippen molar-refractivity contribution in [3.8, 4) is 0 Å². The van der Waals surface area contributed by atoms with E-state index in [4.69, 9.17) is 5.73 Å². The van der Waals surface area contributed by atoms with Gasteiger partial charge in [-0.15, -0.1) is 0 Å². The summed E-state index contributed by atoms with van der Waals surface area (Å²) >= 11 is 4.56. The van der Waals surface area contributed by atoms with E-state index in [2.05, 4.69) is 22.7 Å². The highest BCUT2D eigenvalue weighted by atomic mass is 32.1. The van der Waals surface area contributed by atoms with Crippen LogP contribution in [0.1, 0.15) is 11.1 Å². The maximum absolute atomic E-state index is 14.5. The Morgan fingerprint density at radius 2 is 1.70 bits per heavy atom. The van der Waals surface area contributed by atoms with Crippen LogP contribution in [-0.2, 0) is 6.18 Å². The molecule has 1 saturated heterocycles. The lowest BCUT2D eigenvalue weighted by Gasteiger charge is -2.37. The lowest BCUT2D eigenvalue weighted by Crippen LogP contribution is -2.47. The van der Waals surface area contributed by atoms with Gasteiger partial charge in [0, 0.05) is 43.5 Å². The summed E-state index contributed by atoms with van der Waals surface area (Å²) < 4.78 is 67.6. The Hall–Kier alpha value is -2.95. The Kier molecular flexibility index (Phi) is 6.40. The highest BCUT2D eigenvalue weighted by molar-refractivity contribution is 7.80. The molecule has 2 aromatic rings. The molecule has 0 aromatic heterocycles. The van der Waals surface area contributed by atoms with Gasteiger partial charge < -0.3 is 15.5 Å². The van der Waals surface area contributed by atoms with Crippen LogP contribution in [0, 0.1) is 11.6 Å². The van der Waals surface area contributed by atoms with Gasteiger partial charge in [0.2, 0.25) is 0 Å². The first kappa shape index (κ1) is 21.8. The van der Waals surface area contributed by atoms with Gasteiger partial charge in [-0.1, -0.05) is 6.07 Å². The maximum atomic E-state index is 14.5. The molecule has 2 aromatic carbocycles. The number of thiocarbonyl (C=S) groups is 1. The summed E-state index contributed by atoms with van der Waals surface area (Å²) in [7, 11) is 0. The molecule has 0 bridgehead atoms. The minimum absolute atomic E-state index is 0.0793. The maximum Gasteiger partial charge on any atom is 0.416 e. The number of benzene rings is 2. The molecular formula is C19H18F5N5S. The minimum Gasteiger partial charge on any atom is -0.375 e. The fourth-order valence-electron chi connectivity index (χ4n) is 3.14. The molecule has 3 N–H and O–H groups in total. The van der Waals surface area contributed by atoms with Crippen molar-refractivity contribution in [2.24, 2.45) is 10.8 Å². The summed E-state index contributed by atoms with van der Waals surface area (Å²) in [4.78, 5) is 3.43. The second-order valence-corrected chi connectivity index (χ2v) is 7.02. The number of anilines is 2. The van der Waals surface area contributed by atoms with Gasteiger partial charge in [-0.3, -0.25) is 5.43 Å². The SMILES string of the molecule is NC(=S)NN=Cc1cc(F)c(N2CCN(c3cccc(C(F)(F)F)c3)CC2)cc1F. The zero-order valence-corrected chi connectivity index (χ0v) is 16.4. The predicted octanol–water partition coefficient (Wildman–Crippen LogP) is 3.48. The van der Waals surface area contributed by atoms with Crippen LogP contribution in [0.2, 0.25) is 0 Å². The average Bonchev–Trinajstić information content (AvgIpc) is 2.70. The number of hydrazone groups is 1. The van der Waals surface area contributed by atoms with Gasteiger partial charge in [0.15, 0.2) is 5.11 Å². The molecule has 0 unspecified atom stereocenters. The van der Waals surface area contributed by atoms with E-state index in [1.165, 1.54) is 6.07 Å². The van der Waals surface area contributed by atoms with Crippen molar-refractivity contribution in [1.82, 2.24) is 5.43 Å². The normalized spacial score (nSPS) is 15.0. The molecule has 0 aliphatic carbocycles. The molecule has 0 atom stereocenters. The number of hydrogen-bond donors (Lipinski definition) is 2. The van der Waals surface area contributed by atoms with Crippen LogP contribution >= 0.6 is 12.2 Å². The van der Waals surface area contributed by atoms with Gasteiger partial charge in [0.25, 0.3) is 0 Å².